The first kappa shape index (κ1) is 14.1. The molecule has 22 heavy (non-hydrogen) atoms. The number of para-hydroxylation sites is 2. The Morgan fingerprint density at radius 2 is 1.95 bits per heavy atom. The van der Waals surface area contributed by atoms with Gasteiger partial charge < -0.3 is 15.3 Å². The SMILES string of the molecule is Cc1ccc(C(=O)NC(C)c2nc3ccccc3[nH]2)c(=O)[nH]1. The fourth-order valence-electron chi connectivity index (χ4n) is 2.27. The van der Waals surface area contributed by atoms with E-state index in [0.717, 1.165) is 11.0 Å². The Bertz CT molecular complexity index is 861. The van der Waals surface area contributed by atoms with Crippen LogP contribution < -0.4 is 10.9 Å². The maximum atomic E-state index is 12.2. The number of carbonyl (C=O) groups excluding carboxylic acids is 1. The molecule has 0 saturated heterocycles. The van der Waals surface area contributed by atoms with Crippen molar-refractivity contribution >= 4 is 16.9 Å². The summed E-state index contributed by atoms with van der Waals surface area (Å²) in [5.74, 6) is 0.229. The highest BCUT2D eigenvalue weighted by Crippen LogP contribution is 2.15. The molecule has 2 heterocycles. The van der Waals surface area contributed by atoms with Gasteiger partial charge in [-0.1, -0.05) is 12.1 Å². The molecule has 2 aromatic heterocycles. The van der Waals surface area contributed by atoms with E-state index < -0.39 is 11.5 Å². The molecular formula is C16H16N4O2. The van der Waals surface area contributed by atoms with Crippen molar-refractivity contribution in [2.24, 2.45) is 0 Å². The largest absolute Gasteiger partial charge is 0.342 e. The van der Waals surface area contributed by atoms with Crippen LogP contribution in [0.4, 0.5) is 0 Å². The lowest BCUT2D eigenvalue weighted by Crippen LogP contribution is -2.32. The molecule has 6 nitrogen and oxygen atoms in total. The number of nitrogens with zero attached hydrogens (tertiary/aromatic N) is 1. The highest BCUT2D eigenvalue weighted by atomic mass is 16.2. The van der Waals surface area contributed by atoms with E-state index in [1.54, 1.807) is 13.0 Å². The van der Waals surface area contributed by atoms with Gasteiger partial charge in [-0.05, 0) is 38.1 Å². The van der Waals surface area contributed by atoms with Crippen LogP contribution in [0.5, 0.6) is 0 Å². The molecule has 3 aromatic rings. The molecule has 112 valence electrons. The second-order valence-corrected chi connectivity index (χ2v) is 5.22. The summed E-state index contributed by atoms with van der Waals surface area (Å²) in [7, 11) is 0. The predicted octanol–water partition coefficient (Wildman–Crippen LogP) is 2.05. The van der Waals surface area contributed by atoms with Gasteiger partial charge >= 0.3 is 0 Å². The molecule has 1 amide bonds. The Morgan fingerprint density at radius 3 is 2.68 bits per heavy atom. The van der Waals surface area contributed by atoms with E-state index >= 15 is 0 Å². The molecule has 3 N–H and O–H groups in total. The number of amides is 1. The van der Waals surface area contributed by atoms with Crippen LogP contribution in [0.25, 0.3) is 11.0 Å². The zero-order chi connectivity index (χ0) is 15.7. The van der Waals surface area contributed by atoms with Crippen molar-refractivity contribution < 1.29 is 4.79 Å². The van der Waals surface area contributed by atoms with Crippen LogP contribution in [0.1, 0.15) is 34.8 Å². The van der Waals surface area contributed by atoms with Crippen LogP contribution in [0.2, 0.25) is 0 Å². The number of aromatic amines is 2. The number of imidazole rings is 1. The number of pyridine rings is 1. The molecule has 0 fully saturated rings. The molecule has 6 heteroatoms. The Morgan fingerprint density at radius 1 is 1.18 bits per heavy atom. The molecular weight excluding hydrogens is 280 g/mol. The average molecular weight is 296 g/mol. The van der Waals surface area contributed by atoms with E-state index in [0.29, 0.717) is 11.5 Å². The molecule has 1 unspecified atom stereocenters. The van der Waals surface area contributed by atoms with E-state index in [4.69, 9.17) is 0 Å². The van der Waals surface area contributed by atoms with Crippen molar-refractivity contribution in [2.45, 2.75) is 19.9 Å². The number of fused-ring (bicyclic) bond motifs is 1. The zero-order valence-electron chi connectivity index (χ0n) is 12.3. The fourth-order valence-corrected chi connectivity index (χ4v) is 2.27. The molecule has 1 aromatic carbocycles. The summed E-state index contributed by atoms with van der Waals surface area (Å²) < 4.78 is 0. The Hall–Kier alpha value is -2.89. The first-order valence-electron chi connectivity index (χ1n) is 7.00. The first-order valence-corrected chi connectivity index (χ1v) is 7.00. The Labute approximate surface area is 126 Å². The normalized spacial score (nSPS) is 12.3. The van der Waals surface area contributed by atoms with Crippen molar-refractivity contribution in [3.05, 3.63) is 63.8 Å². The topological polar surface area (TPSA) is 90.6 Å². The second-order valence-electron chi connectivity index (χ2n) is 5.22. The minimum Gasteiger partial charge on any atom is -0.342 e. The maximum absolute atomic E-state index is 12.2. The lowest BCUT2D eigenvalue weighted by molar-refractivity contribution is 0.0937. The minimum absolute atomic E-state index is 0.0913. The van der Waals surface area contributed by atoms with E-state index in [1.165, 1.54) is 6.07 Å². The summed E-state index contributed by atoms with van der Waals surface area (Å²) in [6.07, 6.45) is 0. The van der Waals surface area contributed by atoms with Crippen molar-refractivity contribution in [3.8, 4) is 0 Å². The highest BCUT2D eigenvalue weighted by molar-refractivity contribution is 5.94. The quantitative estimate of drug-likeness (QED) is 0.691. The lowest BCUT2D eigenvalue weighted by atomic mass is 10.2. The molecule has 0 spiro atoms. The molecule has 0 radical (unpaired) electrons. The average Bonchev–Trinajstić information content (AvgIpc) is 2.91. The number of aryl methyl sites for hydroxylation is 1. The van der Waals surface area contributed by atoms with Crippen LogP contribution >= 0.6 is 0 Å². The monoisotopic (exact) mass is 296 g/mol. The standard InChI is InChI=1S/C16H16N4O2/c1-9-7-8-11(15(21)17-9)16(22)18-10(2)14-19-12-5-3-4-6-13(12)20-14/h3-8,10H,1-2H3,(H,17,21)(H,18,22)(H,19,20). The van der Waals surface area contributed by atoms with Gasteiger partial charge in [0.2, 0.25) is 0 Å². The summed E-state index contributed by atoms with van der Waals surface area (Å²) in [6.45, 7) is 3.58. The molecule has 0 aliphatic heterocycles. The van der Waals surface area contributed by atoms with Crippen LogP contribution in [0.3, 0.4) is 0 Å². The van der Waals surface area contributed by atoms with Crippen LogP contribution in [-0.2, 0) is 0 Å². The minimum atomic E-state index is -0.422. The van der Waals surface area contributed by atoms with Gasteiger partial charge in [-0.15, -0.1) is 0 Å². The number of rotatable bonds is 3. The second kappa shape index (κ2) is 5.48. The van der Waals surface area contributed by atoms with E-state index in [-0.39, 0.29) is 11.6 Å². The Kier molecular flexibility index (Phi) is 3.50. The van der Waals surface area contributed by atoms with E-state index in [9.17, 15) is 9.59 Å². The van der Waals surface area contributed by atoms with Gasteiger partial charge in [-0.2, -0.15) is 0 Å². The van der Waals surface area contributed by atoms with Crippen molar-refractivity contribution in [3.63, 3.8) is 0 Å². The highest BCUT2D eigenvalue weighted by Gasteiger charge is 2.16. The molecule has 1 atom stereocenters. The smallest absolute Gasteiger partial charge is 0.260 e. The van der Waals surface area contributed by atoms with Crippen LogP contribution in [-0.4, -0.2) is 20.9 Å². The third-order valence-electron chi connectivity index (χ3n) is 3.47. The van der Waals surface area contributed by atoms with E-state index in [1.807, 2.05) is 31.2 Å². The summed E-state index contributed by atoms with van der Waals surface area (Å²) in [4.78, 5) is 34.2. The zero-order valence-corrected chi connectivity index (χ0v) is 12.3. The lowest BCUT2D eigenvalue weighted by Gasteiger charge is -2.11. The van der Waals surface area contributed by atoms with Crippen LogP contribution in [0.15, 0.2) is 41.2 Å². The summed E-state index contributed by atoms with van der Waals surface area (Å²) in [5, 5.41) is 2.78. The van der Waals surface area contributed by atoms with Gasteiger partial charge in [0.1, 0.15) is 11.4 Å². The number of hydrogen-bond donors (Lipinski definition) is 3. The van der Waals surface area contributed by atoms with Crippen molar-refractivity contribution in [2.75, 3.05) is 0 Å². The molecule has 0 aliphatic rings. The summed E-state index contributed by atoms with van der Waals surface area (Å²) in [5.41, 5.74) is 2.16. The fraction of sp³-hybridized carbons (Fsp3) is 0.188. The first-order chi connectivity index (χ1) is 10.5. The number of benzene rings is 1. The molecule has 0 aliphatic carbocycles. The molecule has 3 rings (SSSR count). The van der Waals surface area contributed by atoms with Gasteiger partial charge in [0.15, 0.2) is 0 Å². The Balaban J connectivity index is 1.82. The summed E-state index contributed by atoms with van der Waals surface area (Å²) in [6, 6.07) is 10.5. The van der Waals surface area contributed by atoms with Gasteiger partial charge in [0.25, 0.3) is 11.5 Å². The maximum Gasteiger partial charge on any atom is 0.260 e. The van der Waals surface area contributed by atoms with Gasteiger partial charge in [-0.25, -0.2) is 4.98 Å². The van der Waals surface area contributed by atoms with Gasteiger partial charge in [0, 0.05) is 5.69 Å². The molecule has 0 saturated carbocycles. The predicted molar refractivity (Wildman–Crippen MR) is 83.8 cm³/mol. The number of nitrogens with one attached hydrogen (secondary N) is 3. The number of carbonyl (C=O) groups is 1. The van der Waals surface area contributed by atoms with Crippen molar-refractivity contribution in [1.82, 2.24) is 20.3 Å². The van der Waals surface area contributed by atoms with Crippen LogP contribution in [0, 0.1) is 6.92 Å². The number of H-pyrrole nitrogens is 2. The number of aromatic nitrogens is 3. The van der Waals surface area contributed by atoms with E-state index in [2.05, 4.69) is 20.3 Å². The van der Waals surface area contributed by atoms with Gasteiger partial charge in [0.05, 0.1) is 17.1 Å². The van der Waals surface area contributed by atoms with Crippen molar-refractivity contribution in [1.29, 1.82) is 0 Å². The number of hydrogen-bond acceptors (Lipinski definition) is 3. The summed E-state index contributed by atoms with van der Waals surface area (Å²) >= 11 is 0. The third kappa shape index (κ3) is 2.63. The third-order valence-corrected chi connectivity index (χ3v) is 3.47. The molecule has 0 bridgehead atoms. The van der Waals surface area contributed by atoms with Gasteiger partial charge in [-0.3, -0.25) is 9.59 Å².